The first kappa shape index (κ1) is 21.2. The van der Waals surface area contributed by atoms with E-state index in [4.69, 9.17) is 9.97 Å². The van der Waals surface area contributed by atoms with Gasteiger partial charge in [-0.25, -0.2) is 9.97 Å². The van der Waals surface area contributed by atoms with E-state index in [0.717, 1.165) is 63.5 Å². The maximum atomic E-state index is 13.0. The fraction of sp³-hybridized carbons (Fsp3) is 0.720. The summed E-state index contributed by atoms with van der Waals surface area (Å²) in [6, 6.07) is 0. The highest BCUT2D eigenvalue weighted by Crippen LogP contribution is 2.40. The van der Waals surface area contributed by atoms with Gasteiger partial charge in [0.2, 0.25) is 5.91 Å². The van der Waals surface area contributed by atoms with E-state index in [1.807, 2.05) is 11.3 Å². The third-order valence-electron chi connectivity index (χ3n) is 7.44. The summed E-state index contributed by atoms with van der Waals surface area (Å²) in [4.78, 5) is 30.4. The predicted octanol–water partition coefficient (Wildman–Crippen LogP) is 5.14. The Labute approximate surface area is 190 Å². The van der Waals surface area contributed by atoms with Crippen LogP contribution >= 0.6 is 11.3 Å². The Balaban J connectivity index is 1.39. The van der Waals surface area contributed by atoms with Gasteiger partial charge in [0.1, 0.15) is 16.5 Å². The second-order valence-electron chi connectivity index (χ2n) is 9.61. The number of aromatic nitrogens is 2. The van der Waals surface area contributed by atoms with Crippen molar-refractivity contribution in [3.8, 4) is 0 Å². The Hall–Kier alpha value is -1.69. The molecule has 0 spiro atoms. The van der Waals surface area contributed by atoms with Crippen LogP contribution in [-0.4, -0.2) is 47.0 Å². The summed E-state index contributed by atoms with van der Waals surface area (Å²) < 4.78 is 0. The summed E-state index contributed by atoms with van der Waals surface area (Å²) in [7, 11) is 0. The third-order valence-corrected chi connectivity index (χ3v) is 8.63. The van der Waals surface area contributed by atoms with Gasteiger partial charge < -0.3 is 9.80 Å². The van der Waals surface area contributed by atoms with E-state index in [9.17, 15) is 4.79 Å². The van der Waals surface area contributed by atoms with Gasteiger partial charge in [0, 0.05) is 43.4 Å². The SMILES string of the molecule is CCCCc1nc(N2CCN(C(=O)C3CCCCC3)CC2)c2c3c(sc2n1)CCCC3. The van der Waals surface area contributed by atoms with Crippen molar-refractivity contribution in [3.63, 3.8) is 0 Å². The molecule has 3 heterocycles. The fourth-order valence-corrected chi connectivity index (χ4v) is 6.88. The monoisotopic (exact) mass is 440 g/mol. The number of carbonyl (C=O) groups excluding carboxylic acids is 1. The molecule has 0 radical (unpaired) electrons. The van der Waals surface area contributed by atoms with Crippen molar-refractivity contribution in [1.82, 2.24) is 14.9 Å². The maximum absolute atomic E-state index is 13.0. The minimum Gasteiger partial charge on any atom is -0.352 e. The zero-order valence-corrected chi connectivity index (χ0v) is 19.8. The van der Waals surface area contributed by atoms with Gasteiger partial charge in [0.05, 0.1) is 5.39 Å². The summed E-state index contributed by atoms with van der Waals surface area (Å²) in [5.74, 6) is 2.84. The third kappa shape index (κ3) is 4.33. The summed E-state index contributed by atoms with van der Waals surface area (Å²) in [6.45, 7) is 5.67. The average Bonchev–Trinajstić information content (AvgIpc) is 3.21. The standard InChI is InChI=1S/C25H36N4OS/c1-2-3-13-21-26-23(22-19-11-7-8-12-20(19)31-24(22)27-21)28-14-16-29(17-15-28)25(30)18-9-5-4-6-10-18/h18H,2-17H2,1H3. The Morgan fingerprint density at radius 2 is 1.77 bits per heavy atom. The molecule has 1 saturated heterocycles. The Bertz CT molecular complexity index is 925. The van der Waals surface area contributed by atoms with Crippen molar-refractivity contribution >= 4 is 33.3 Å². The number of thiophene rings is 1. The molecule has 0 unspecified atom stereocenters. The predicted molar refractivity (Wildman–Crippen MR) is 128 cm³/mol. The highest BCUT2D eigenvalue weighted by Gasteiger charge is 2.30. The largest absolute Gasteiger partial charge is 0.352 e. The lowest BCUT2D eigenvalue weighted by Gasteiger charge is -2.38. The van der Waals surface area contributed by atoms with Crippen LogP contribution in [0.1, 0.15) is 81.0 Å². The minimum absolute atomic E-state index is 0.274. The molecule has 0 N–H and O–H groups in total. The molecular formula is C25H36N4OS. The van der Waals surface area contributed by atoms with Crippen LogP contribution in [0.5, 0.6) is 0 Å². The lowest BCUT2D eigenvalue weighted by atomic mass is 9.88. The van der Waals surface area contributed by atoms with Crippen molar-refractivity contribution in [2.24, 2.45) is 5.92 Å². The van der Waals surface area contributed by atoms with E-state index in [0.29, 0.717) is 5.91 Å². The first-order valence-electron chi connectivity index (χ1n) is 12.6. The second kappa shape index (κ2) is 9.43. The lowest BCUT2D eigenvalue weighted by Crippen LogP contribution is -2.51. The van der Waals surface area contributed by atoms with Crippen LogP contribution in [0.4, 0.5) is 5.82 Å². The van der Waals surface area contributed by atoms with E-state index in [2.05, 4.69) is 16.7 Å². The molecule has 1 aliphatic heterocycles. The van der Waals surface area contributed by atoms with Crippen LogP contribution in [0.15, 0.2) is 0 Å². The van der Waals surface area contributed by atoms with E-state index < -0.39 is 0 Å². The van der Waals surface area contributed by atoms with Gasteiger partial charge in [-0.1, -0.05) is 32.6 Å². The normalized spacial score (nSPS) is 20.3. The van der Waals surface area contributed by atoms with Crippen LogP contribution in [0, 0.1) is 5.92 Å². The number of aryl methyl sites for hydroxylation is 3. The van der Waals surface area contributed by atoms with Crippen LogP contribution in [0.2, 0.25) is 0 Å². The number of anilines is 1. The lowest BCUT2D eigenvalue weighted by molar-refractivity contribution is -0.136. The molecule has 1 amide bonds. The summed E-state index contributed by atoms with van der Waals surface area (Å²) >= 11 is 1.91. The highest BCUT2D eigenvalue weighted by atomic mass is 32.1. The molecule has 2 fully saturated rings. The Morgan fingerprint density at radius 3 is 2.55 bits per heavy atom. The Morgan fingerprint density at radius 1 is 1.00 bits per heavy atom. The molecule has 5 rings (SSSR count). The quantitative estimate of drug-likeness (QED) is 0.646. The van der Waals surface area contributed by atoms with Crippen molar-refractivity contribution in [1.29, 1.82) is 0 Å². The number of hydrogen-bond donors (Lipinski definition) is 0. The van der Waals surface area contributed by atoms with Gasteiger partial charge in [0.25, 0.3) is 0 Å². The number of carbonyl (C=O) groups is 1. The van der Waals surface area contributed by atoms with E-state index in [-0.39, 0.29) is 5.92 Å². The van der Waals surface area contributed by atoms with Gasteiger partial charge in [-0.05, 0) is 50.5 Å². The van der Waals surface area contributed by atoms with Crippen LogP contribution < -0.4 is 4.90 Å². The molecular weight excluding hydrogens is 404 g/mol. The Kier molecular flexibility index (Phi) is 6.44. The van der Waals surface area contributed by atoms with Crippen LogP contribution in [-0.2, 0) is 24.1 Å². The number of piperazine rings is 1. The van der Waals surface area contributed by atoms with Crippen molar-refractivity contribution in [2.75, 3.05) is 31.1 Å². The summed E-state index contributed by atoms with van der Waals surface area (Å²) in [5, 5.41) is 1.33. The molecule has 3 aliphatic rings. The molecule has 6 heteroatoms. The topological polar surface area (TPSA) is 49.3 Å². The molecule has 5 nitrogen and oxygen atoms in total. The van der Waals surface area contributed by atoms with Crippen molar-refractivity contribution in [2.45, 2.75) is 84.0 Å². The van der Waals surface area contributed by atoms with Gasteiger partial charge >= 0.3 is 0 Å². The first-order valence-corrected chi connectivity index (χ1v) is 13.4. The van der Waals surface area contributed by atoms with Gasteiger partial charge in [-0.2, -0.15) is 0 Å². The fourth-order valence-electron chi connectivity index (χ4n) is 5.60. The molecule has 2 aromatic rings. The van der Waals surface area contributed by atoms with Crippen molar-refractivity contribution < 1.29 is 4.79 Å². The van der Waals surface area contributed by atoms with Gasteiger partial charge in [-0.3, -0.25) is 4.79 Å². The van der Waals surface area contributed by atoms with Gasteiger partial charge in [0.15, 0.2) is 0 Å². The van der Waals surface area contributed by atoms with E-state index >= 15 is 0 Å². The zero-order valence-electron chi connectivity index (χ0n) is 19.0. The maximum Gasteiger partial charge on any atom is 0.225 e. The average molecular weight is 441 g/mol. The highest BCUT2D eigenvalue weighted by molar-refractivity contribution is 7.19. The second-order valence-corrected chi connectivity index (χ2v) is 10.7. The van der Waals surface area contributed by atoms with Crippen LogP contribution in [0.25, 0.3) is 10.2 Å². The number of rotatable bonds is 5. The molecule has 31 heavy (non-hydrogen) atoms. The number of unbranched alkanes of at least 4 members (excludes halogenated alkanes) is 1. The minimum atomic E-state index is 0.274. The number of nitrogens with zero attached hydrogens (tertiary/aromatic N) is 4. The van der Waals surface area contributed by atoms with E-state index in [1.54, 1.807) is 0 Å². The first-order chi connectivity index (χ1) is 15.2. The molecule has 168 valence electrons. The number of fused-ring (bicyclic) bond motifs is 3. The van der Waals surface area contributed by atoms with Crippen LogP contribution in [0.3, 0.4) is 0 Å². The molecule has 2 aromatic heterocycles. The smallest absolute Gasteiger partial charge is 0.225 e. The molecule has 2 aliphatic carbocycles. The molecule has 0 aromatic carbocycles. The van der Waals surface area contributed by atoms with Gasteiger partial charge in [-0.15, -0.1) is 11.3 Å². The number of amides is 1. The summed E-state index contributed by atoms with van der Waals surface area (Å²) in [6.07, 6.45) is 14.1. The molecule has 0 bridgehead atoms. The van der Waals surface area contributed by atoms with Crippen molar-refractivity contribution in [3.05, 3.63) is 16.3 Å². The van der Waals surface area contributed by atoms with E-state index in [1.165, 1.54) is 72.0 Å². The number of hydrogen-bond acceptors (Lipinski definition) is 5. The summed E-state index contributed by atoms with van der Waals surface area (Å²) in [5.41, 5.74) is 1.52. The molecule has 1 saturated carbocycles. The molecule has 0 atom stereocenters. The zero-order chi connectivity index (χ0) is 21.2.